The van der Waals surface area contributed by atoms with E-state index in [1.807, 2.05) is 0 Å². The fourth-order valence-electron chi connectivity index (χ4n) is 4.94. The Hall–Kier alpha value is -5.42. The van der Waals surface area contributed by atoms with E-state index in [0.717, 1.165) is 24.3 Å². The fourth-order valence-corrected chi connectivity index (χ4v) is 4.94. The number of methoxy groups -OCH3 is 3. The molecule has 1 fully saturated rings. The number of benzene rings is 3. The number of ether oxygens (including phenoxy) is 6. The van der Waals surface area contributed by atoms with E-state index < -0.39 is 77.5 Å². The summed E-state index contributed by atoms with van der Waals surface area (Å²) in [4.78, 5) is 25.6. The predicted octanol–water partition coefficient (Wildman–Crippen LogP) is 1.35. The maximum Gasteiger partial charge on any atom is 0.338 e. The summed E-state index contributed by atoms with van der Waals surface area (Å²) in [5.41, 5.74) is -1.31. The van der Waals surface area contributed by atoms with E-state index in [1.54, 1.807) is 0 Å². The van der Waals surface area contributed by atoms with Crippen LogP contribution in [0, 0.1) is 0 Å². The molecular weight excluding hydrogens is 628 g/mol. The first kappa shape index (κ1) is 33.0. The van der Waals surface area contributed by atoms with E-state index >= 15 is 0 Å². The smallest absolute Gasteiger partial charge is 0.338 e. The molecule has 5 rings (SSSR count). The van der Waals surface area contributed by atoms with Crippen LogP contribution < -0.4 is 24.4 Å². The van der Waals surface area contributed by atoms with Crippen LogP contribution in [0.15, 0.2) is 51.7 Å². The lowest BCUT2D eigenvalue weighted by Crippen LogP contribution is -2.60. The van der Waals surface area contributed by atoms with Gasteiger partial charge in [-0.3, -0.25) is 4.79 Å². The van der Waals surface area contributed by atoms with E-state index in [-0.39, 0.29) is 45.1 Å². The Morgan fingerprint density at radius 1 is 0.809 bits per heavy atom. The number of fused-ring (bicyclic) bond motifs is 1. The predicted molar refractivity (Wildman–Crippen MR) is 158 cm³/mol. The van der Waals surface area contributed by atoms with Gasteiger partial charge >= 0.3 is 5.97 Å². The SMILES string of the molecule is COc1cc(C(=O)OC[C@H]2O[C@@H](Oc3cc(-c4oc5cc(O)cc(O)c5c(=O)c4O)ccc3O)[C@H](O)[C@@H](O)[C@@H]2O)cc(OC)c1OC. The maximum absolute atomic E-state index is 12.9. The van der Waals surface area contributed by atoms with Crippen molar-refractivity contribution < 1.29 is 73.4 Å². The summed E-state index contributed by atoms with van der Waals surface area (Å²) in [6, 6.07) is 8.07. The molecule has 16 heteroatoms. The van der Waals surface area contributed by atoms with E-state index in [0.29, 0.717) is 0 Å². The zero-order chi connectivity index (χ0) is 34.2. The third-order valence-electron chi connectivity index (χ3n) is 7.35. The largest absolute Gasteiger partial charge is 0.508 e. The van der Waals surface area contributed by atoms with Crippen LogP contribution in [0.5, 0.6) is 46.0 Å². The van der Waals surface area contributed by atoms with Crippen molar-refractivity contribution in [2.45, 2.75) is 30.7 Å². The summed E-state index contributed by atoms with van der Waals surface area (Å²) in [6.07, 6.45) is -8.64. The van der Waals surface area contributed by atoms with Gasteiger partial charge in [0.25, 0.3) is 0 Å². The van der Waals surface area contributed by atoms with E-state index in [1.165, 1.54) is 39.5 Å². The van der Waals surface area contributed by atoms with E-state index in [2.05, 4.69) is 0 Å². The van der Waals surface area contributed by atoms with Gasteiger partial charge in [-0.1, -0.05) is 0 Å². The molecule has 0 saturated carbocycles. The first-order valence-corrected chi connectivity index (χ1v) is 13.8. The van der Waals surface area contributed by atoms with Crippen LogP contribution in [0.4, 0.5) is 0 Å². The monoisotopic (exact) mass is 658 g/mol. The Labute approximate surface area is 264 Å². The molecule has 0 bridgehead atoms. The number of rotatable bonds is 9. The number of phenolic OH excluding ortho intramolecular Hbond substituents is 3. The maximum atomic E-state index is 12.9. The summed E-state index contributed by atoms with van der Waals surface area (Å²) in [6.45, 7) is -0.623. The van der Waals surface area contributed by atoms with Gasteiger partial charge in [-0.2, -0.15) is 0 Å². The number of aliphatic hydroxyl groups excluding tert-OH is 3. The lowest BCUT2D eigenvalue weighted by Gasteiger charge is -2.40. The second-order valence-corrected chi connectivity index (χ2v) is 10.3. The molecule has 0 unspecified atom stereocenters. The standard InChI is InChI=1S/C31H30O16/c1-41-19-7-13(8-20(42-2)29(19)43-3)30(40)44-11-21-23(35)25(37)27(39)31(47-21)46-17-6-12(4-5-15(17)33)28-26(38)24(36)22-16(34)9-14(32)10-18(22)45-28/h4-10,21,23,25,27,31-35,37-39H,11H2,1-3H3/t21-,23-,25+,27-,31-/m1/s1. The van der Waals surface area contributed by atoms with Crippen molar-refractivity contribution in [1.82, 2.24) is 0 Å². The molecule has 3 aromatic carbocycles. The molecule has 4 aromatic rings. The summed E-state index contributed by atoms with van der Waals surface area (Å²) in [5.74, 6) is -3.57. The molecule has 1 aromatic heterocycles. The molecule has 0 amide bonds. The van der Waals surface area contributed by atoms with Gasteiger partial charge in [0.15, 0.2) is 28.8 Å². The van der Waals surface area contributed by atoms with Gasteiger partial charge in [0.05, 0.1) is 26.9 Å². The molecule has 47 heavy (non-hydrogen) atoms. The van der Waals surface area contributed by atoms with E-state index in [4.69, 9.17) is 32.8 Å². The first-order chi connectivity index (χ1) is 22.4. The highest BCUT2D eigenvalue weighted by Gasteiger charge is 2.46. The third-order valence-corrected chi connectivity index (χ3v) is 7.35. The number of phenols is 3. The van der Waals surface area contributed by atoms with Crippen molar-refractivity contribution in [1.29, 1.82) is 0 Å². The lowest BCUT2D eigenvalue weighted by atomic mass is 9.99. The molecule has 7 N–H and O–H groups in total. The van der Waals surface area contributed by atoms with Crippen LogP contribution in [0.2, 0.25) is 0 Å². The van der Waals surface area contributed by atoms with Crippen molar-refractivity contribution in [2.24, 2.45) is 0 Å². The molecule has 0 radical (unpaired) electrons. The average Bonchev–Trinajstić information content (AvgIpc) is 3.05. The van der Waals surface area contributed by atoms with E-state index in [9.17, 15) is 45.3 Å². The number of aromatic hydroxyl groups is 4. The van der Waals surface area contributed by atoms with Gasteiger partial charge in [0.2, 0.25) is 23.2 Å². The van der Waals surface area contributed by atoms with Crippen LogP contribution in [0.25, 0.3) is 22.3 Å². The number of hydrogen-bond donors (Lipinski definition) is 7. The summed E-state index contributed by atoms with van der Waals surface area (Å²) in [7, 11) is 4.10. The Morgan fingerprint density at radius 2 is 1.49 bits per heavy atom. The average molecular weight is 659 g/mol. The summed E-state index contributed by atoms with van der Waals surface area (Å²) in [5, 5.41) is 72.2. The molecule has 5 atom stereocenters. The second-order valence-electron chi connectivity index (χ2n) is 10.3. The van der Waals surface area contributed by atoms with Gasteiger partial charge in [0, 0.05) is 17.7 Å². The van der Waals surface area contributed by atoms with Gasteiger partial charge < -0.3 is 68.6 Å². The lowest BCUT2D eigenvalue weighted by molar-refractivity contribution is -0.277. The number of esters is 1. The van der Waals surface area contributed by atoms with Crippen LogP contribution in [-0.2, 0) is 9.47 Å². The first-order valence-electron chi connectivity index (χ1n) is 13.8. The fraction of sp³-hybridized carbons (Fsp3) is 0.290. The van der Waals surface area contributed by atoms with Crippen LogP contribution in [0.1, 0.15) is 10.4 Å². The van der Waals surface area contributed by atoms with Gasteiger partial charge in [0.1, 0.15) is 53.5 Å². The third kappa shape index (κ3) is 6.22. The zero-order valence-corrected chi connectivity index (χ0v) is 24.9. The Morgan fingerprint density at radius 3 is 2.13 bits per heavy atom. The normalized spacial score (nSPS) is 20.9. The summed E-state index contributed by atoms with van der Waals surface area (Å²) < 4.78 is 37.8. The zero-order valence-electron chi connectivity index (χ0n) is 24.9. The summed E-state index contributed by atoms with van der Waals surface area (Å²) >= 11 is 0. The number of carbonyl (C=O) groups is 1. The second kappa shape index (κ2) is 13.1. The molecule has 1 saturated heterocycles. The Kier molecular flexibility index (Phi) is 9.21. The molecule has 0 spiro atoms. The number of carbonyl (C=O) groups excluding carboxylic acids is 1. The van der Waals surface area contributed by atoms with Gasteiger partial charge in [-0.25, -0.2) is 4.79 Å². The Balaban J connectivity index is 1.37. The molecule has 16 nitrogen and oxygen atoms in total. The van der Waals surface area contributed by atoms with Gasteiger partial charge in [-0.15, -0.1) is 0 Å². The highest BCUT2D eigenvalue weighted by Crippen LogP contribution is 2.40. The van der Waals surface area contributed by atoms with Crippen molar-refractivity contribution in [3.63, 3.8) is 0 Å². The molecule has 1 aliphatic rings. The van der Waals surface area contributed by atoms with Gasteiger partial charge in [-0.05, 0) is 30.3 Å². The quantitative estimate of drug-likeness (QED) is 0.125. The van der Waals surface area contributed by atoms with Crippen molar-refractivity contribution in [3.05, 3.63) is 58.3 Å². The number of hydrogen-bond acceptors (Lipinski definition) is 16. The molecule has 2 heterocycles. The van der Waals surface area contributed by atoms with Crippen LogP contribution >= 0.6 is 0 Å². The molecule has 250 valence electrons. The minimum absolute atomic E-state index is 0.00561. The van der Waals surface area contributed by atoms with Crippen molar-refractivity contribution in [3.8, 4) is 57.3 Å². The Bertz CT molecular complexity index is 1840. The topological polar surface area (TPSA) is 244 Å². The molecule has 0 aliphatic carbocycles. The highest BCUT2D eigenvalue weighted by molar-refractivity contribution is 5.91. The molecule has 1 aliphatic heterocycles. The highest BCUT2D eigenvalue weighted by atomic mass is 16.7. The van der Waals surface area contributed by atoms with Crippen LogP contribution in [0.3, 0.4) is 0 Å². The minimum Gasteiger partial charge on any atom is -0.508 e. The minimum atomic E-state index is -1.87. The van der Waals surface area contributed by atoms with Crippen LogP contribution in [-0.4, -0.2) is 100 Å². The molecular formula is C31H30O16. The van der Waals surface area contributed by atoms with Crippen molar-refractivity contribution >= 4 is 16.9 Å². The van der Waals surface area contributed by atoms with Crippen molar-refractivity contribution in [2.75, 3.05) is 27.9 Å². The number of aliphatic hydroxyl groups is 3.